The van der Waals surface area contributed by atoms with Gasteiger partial charge < -0.3 is 10.1 Å². The normalized spacial score (nSPS) is 12.9. The van der Waals surface area contributed by atoms with Gasteiger partial charge >= 0.3 is 0 Å². The van der Waals surface area contributed by atoms with E-state index >= 15 is 0 Å². The van der Waals surface area contributed by atoms with Gasteiger partial charge in [0.15, 0.2) is 5.78 Å². The molecule has 0 saturated heterocycles. The van der Waals surface area contributed by atoms with E-state index in [0.717, 1.165) is 16.8 Å². The molecule has 0 fully saturated rings. The molecule has 3 aromatic carbocycles. The molecule has 1 aliphatic carbocycles. The summed E-state index contributed by atoms with van der Waals surface area (Å²) in [6.07, 6.45) is 0. The van der Waals surface area contributed by atoms with E-state index in [1.165, 1.54) is 0 Å². The van der Waals surface area contributed by atoms with E-state index < -0.39 is 0 Å². The van der Waals surface area contributed by atoms with Gasteiger partial charge in [-0.15, -0.1) is 0 Å². The summed E-state index contributed by atoms with van der Waals surface area (Å²) in [5.41, 5.74) is 4.56. The van der Waals surface area contributed by atoms with Crippen LogP contribution in [0, 0.1) is 0 Å². The lowest BCUT2D eigenvalue weighted by molar-refractivity contribution is 0.105. The zero-order valence-electron chi connectivity index (χ0n) is 14.1. The SMILES string of the molecule is COc1ccc(Cl)cc1NC1=C(c2ccccc2)C(=O)c2ccccc21. The van der Waals surface area contributed by atoms with Crippen LogP contribution in [0.2, 0.25) is 5.02 Å². The second-order valence-electron chi connectivity index (χ2n) is 5.96. The van der Waals surface area contributed by atoms with Crippen molar-refractivity contribution in [2.75, 3.05) is 12.4 Å². The maximum atomic E-state index is 13.1. The van der Waals surface area contributed by atoms with Crippen molar-refractivity contribution in [1.82, 2.24) is 0 Å². The first-order chi connectivity index (χ1) is 12.7. The molecule has 0 heterocycles. The lowest BCUT2D eigenvalue weighted by atomic mass is 10.0. The Balaban J connectivity index is 1.91. The molecule has 128 valence electrons. The number of fused-ring (bicyclic) bond motifs is 1. The molecule has 0 aliphatic heterocycles. The van der Waals surface area contributed by atoms with Gasteiger partial charge in [-0.1, -0.05) is 66.2 Å². The van der Waals surface area contributed by atoms with Crippen LogP contribution in [0.15, 0.2) is 72.8 Å². The molecule has 1 aliphatic rings. The monoisotopic (exact) mass is 361 g/mol. The zero-order chi connectivity index (χ0) is 18.1. The van der Waals surface area contributed by atoms with Gasteiger partial charge in [-0.2, -0.15) is 0 Å². The second kappa shape index (κ2) is 6.70. The smallest absolute Gasteiger partial charge is 0.196 e. The standard InChI is InChI=1S/C22H16ClNO2/c1-26-19-12-11-15(23)13-18(19)24-21-16-9-5-6-10-17(16)22(25)20(21)14-7-3-2-4-8-14/h2-13,24H,1H3. The Morgan fingerprint density at radius 2 is 1.58 bits per heavy atom. The summed E-state index contributed by atoms with van der Waals surface area (Å²) in [5.74, 6) is 0.668. The van der Waals surface area contributed by atoms with Crippen LogP contribution in [0.25, 0.3) is 11.3 Å². The molecule has 0 unspecified atom stereocenters. The highest BCUT2D eigenvalue weighted by molar-refractivity contribution is 6.40. The summed E-state index contributed by atoms with van der Waals surface area (Å²) in [6, 6.07) is 22.6. The van der Waals surface area contributed by atoms with Gasteiger partial charge in [0.05, 0.1) is 24.1 Å². The zero-order valence-corrected chi connectivity index (χ0v) is 14.9. The van der Waals surface area contributed by atoms with Gasteiger partial charge in [-0.05, 0) is 23.8 Å². The minimum absolute atomic E-state index is 0.00953. The fourth-order valence-electron chi connectivity index (χ4n) is 3.20. The maximum absolute atomic E-state index is 13.1. The molecule has 3 aromatic rings. The molecule has 4 rings (SSSR count). The molecule has 0 aromatic heterocycles. The highest BCUT2D eigenvalue weighted by Gasteiger charge is 2.30. The van der Waals surface area contributed by atoms with Crippen molar-refractivity contribution >= 4 is 34.3 Å². The third-order valence-electron chi connectivity index (χ3n) is 4.40. The summed E-state index contributed by atoms with van der Waals surface area (Å²) in [7, 11) is 1.61. The van der Waals surface area contributed by atoms with Crippen LogP contribution in [0.1, 0.15) is 21.5 Å². The summed E-state index contributed by atoms with van der Waals surface area (Å²) in [4.78, 5) is 13.1. The number of hydrogen-bond acceptors (Lipinski definition) is 3. The van der Waals surface area contributed by atoms with Gasteiger partial charge in [-0.3, -0.25) is 4.79 Å². The number of methoxy groups -OCH3 is 1. The second-order valence-corrected chi connectivity index (χ2v) is 6.40. The quantitative estimate of drug-likeness (QED) is 0.664. The van der Waals surface area contributed by atoms with Gasteiger partial charge in [0.1, 0.15) is 5.75 Å². The molecule has 0 spiro atoms. The Morgan fingerprint density at radius 3 is 2.31 bits per heavy atom. The summed E-state index contributed by atoms with van der Waals surface area (Å²) < 4.78 is 5.44. The highest BCUT2D eigenvalue weighted by atomic mass is 35.5. The molecule has 3 nitrogen and oxygen atoms in total. The molecule has 0 amide bonds. The van der Waals surface area contributed by atoms with E-state index in [1.807, 2.05) is 54.6 Å². The fraction of sp³-hybridized carbons (Fsp3) is 0.0455. The lowest BCUT2D eigenvalue weighted by Crippen LogP contribution is -2.02. The van der Waals surface area contributed by atoms with Crippen LogP contribution in [-0.4, -0.2) is 12.9 Å². The van der Waals surface area contributed by atoms with E-state index in [4.69, 9.17) is 16.3 Å². The minimum atomic E-state index is 0.00953. The maximum Gasteiger partial charge on any atom is 0.196 e. The third-order valence-corrected chi connectivity index (χ3v) is 4.64. The van der Waals surface area contributed by atoms with Crippen LogP contribution >= 0.6 is 11.6 Å². The Labute approximate surface area is 156 Å². The number of ketones is 1. The Morgan fingerprint density at radius 1 is 0.885 bits per heavy atom. The molecule has 0 atom stereocenters. The predicted molar refractivity (Wildman–Crippen MR) is 106 cm³/mol. The number of nitrogens with one attached hydrogen (secondary N) is 1. The minimum Gasteiger partial charge on any atom is -0.495 e. The van der Waals surface area contributed by atoms with Gasteiger partial charge in [0.2, 0.25) is 0 Å². The topological polar surface area (TPSA) is 38.3 Å². The largest absolute Gasteiger partial charge is 0.495 e. The Bertz CT molecular complexity index is 1030. The number of anilines is 1. The number of carbonyl (C=O) groups is 1. The van der Waals surface area contributed by atoms with Crippen LogP contribution in [0.5, 0.6) is 5.75 Å². The predicted octanol–water partition coefficient (Wildman–Crippen LogP) is 5.53. The lowest BCUT2D eigenvalue weighted by Gasteiger charge is -2.15. The molecule has 26 heavy (non-hydrogen) atoms. The fourth-order valence-corrected chi connectivity index (χ4v) is 3.38. The number of carbonyl (C=O) groups excluding carboxylic acids is 1. The number of hydrogen-bond donors (Lipinski definition) is 1. The molecular weight excluding hydrogens is 346 g/mol. The highest BCUT2D eigenvalue weighted by Crippen LogP contribution is 2.40. The van der Waals surface area contributed by atoms with E-state index in [2.05, 4.69) is 5.32 Å². The van der Waals surface area contributed by atoms with Crippen molar-refractivity contribution in [3.05, 3.63) is 94.5 Å². The molecule has 1 N–H and O–H groups in total. The summed E-state index contributed by atoms with van der Waals surface area (Å²) >= 11 is 6.16. The van der Waals surface area contributed by atoms with E-state index in [0.29, 0.717) is 27.6 Å². The number of allylic oxidation sites excluding steroid dienone is 1. The van der Waals surface area contributed by atoms with Crippen molar-refractivity contribution in [1.29, 1.82) is 0 Å². The molecular formula is C22H16ClNO2. The van der Waals surface area contributed by atoms with Crippen molar-refractivity contribution in [2.24, 2.45) is 0 Å². The van der Waals surface area contributed by atoms with Gasteiger partial charge in [0.25, 0.3) is 0 Å². The van der Waals surface area contributed by atoms with Crippen molar-refractivity contribution < 1.29 is 9.53 Å². The molecule has 0 radical (unpaired) electrons. The number of rotatable bonds is 4. The van der Waals surface area contributed by atoms with Gasteiger partial charge in [-0.25, -0.2) is 0 Å². The number of ether oxygens (including phenoxy) is 1. The summed E-state index contributed by atoms with van der Waals surface area (Å²) in [5, 5.41) is 3.98. The average molecular weight is 362 g/mol. The first kappa shape index (κ1) is 16.4. The number of Topliss-reactive ketones (excluding diaryl/α,β-unsaturated/α-hetero) is 1. The van der Waals surface area contributed by atoms with Gasteiger partial charge in [0, 0.05) is 16.1 Å². The summed E-state index contributed by atoms with van der Waals surface area (Å²) in [6.45, 7) is 0. The van der Waals surface area contributed by atoms with Crippen LogP contribution in [-0.2, 0) is 0 Å². The molecule has 0 bridgehead atoms. The van der Waals surface area contributed by atoms with E-state index in [-0.39, 0.29) is 5.78 Å². The van der Waals surface area contributed by atoms with E-state index in [1.54, 1.807) is 25.3 Å². The van der Waals surface area contributed by atoms with Crippen molar-refractivity contribution in [3.63, 3.8) is 0 Å². The average Bonchev–Trinajstić information content (AvgIpc) is 2.95. The number of halogens is 1. The van der Waals surface area contributed by atoms with Crippen LogP contribution < -0.4 is 10.1 Å². The van der Waals surface area contributed by atoms with Crippen molar-refractivity contribution in [2.45, 2.75) is 0 Å². The van der Waals surface area contributed by atoms with E-state index in [9.17, 15) is 4.79 Å². The molecule has 4 heteroatoms. The molecule has 0 saturated carbocycles. The third kappa shape index (κ3) is 2.76. The first-order valence-corrected chi connectivity index (χ1v) is 8.61. The number of benzene rings is 3. The first-order valence-electron chi connectivity index (χ1n) is 8.23. The van der Waals surface area contributed by atoms with Crippen LogP contribution in [0.3, 0.4) is 0 Å². The van der Waals surface area contributed by atoms with Crippen molar-refractivity contribution in [3.8, 4) is 5.75 Å². The Kier molecular flexibility index (Phi) is 4.23. The van der Waals surface area contributed by atoms with Crippen LogP contribution in [0.4, 0.5) is 5.69 Å². The Hall–Kier alpha value is -3.04.